The molecule has 1 saturated heterocycles. The van der Waals surface area contributed by atoms with E-state index in [1.165, 1.54) is 12.0 Å². The summed E-state index contributed by atoms with van der Waals surface area (Å²) in [6, 6.07) is 3.45. The van der Waals surface area contributed by atoms with Gasteiger partial charge in [0.2, 0.25) is 11.8 Å². The maximum atomic E-state index is 14.4. The zero-order chi connectivity index (χ0) is 34.5. The minimum atomic E-state index is -0.978. The number of rotatable bonds is 12. The van der Waals surface area contributed by atoms with Crippen molar-refractivity contribution in [2.24, 2.45) is 17.3 Å². The van der Waals surface area contributed by atoms with Gasteiger partial charge in [-0.3, -0.25) is 4.79 Å². The van der Waals surface area contributed by atoms with E-state index in [-0.39, 0.29) is 18.3 Å². The average molecular weight is 653 g/mol. The van der Waals surface area contributed by atoms with E-state index in [1.807, 2.05) is 34.6 Å². The molecule has 0 bridgehead atoms. The van der Waals surface area contributed by atoms with Gasteiger partial charge < -0.3 is 29.2 Å². The number of benzene rings is 1. The number of aromatic nitrogens is 2. The van der Waals surface area contributed by atoms with Crippen molar-refractivity contribution in [3.8, 4) is 11.6 Å². The van der Waals surface area contributed by atoms with Crippen molar-refractivity contribution >= 4 is 35.1 Å². The number of carbonyl (C=O) groups excluding carboxylic acids is 3. The summed E-state index contributed by atoms with van der Waals surface area (Å²) in [6.45, 7) is 15.7. The average Bonchev–Trinajstić information content (AvgIpc) is 3.59. The summed E-state index contributed by atoms with van der Waals surface area (Å²) in [5.41, 5.74) is 0.356. The topological polar surface area (TPSA) is 129 Å². The summed E-state index contributed by atoms with van der Waals surface area (Å²) < 4.78 is 23.1. The number of fused-ring (bicyclic) bond motifs is 1. The van der Waals surface area contributed by atoms with Crippen LogP contribution in [0.2, 0.25) is 0 Å². The van der Waals surface area contributed by atoms with Crippen LogP contribution in [0.25, 0.3) is 17.1 Å². The normalized spacial score (nSPS) is 24.9. The number of ether oxygens (including phenoxy) is 4. The lowest BCUT2D eigenvalue weighted by atomic mass is 9.85. The third kappa shape index (κ3) is 7.81. The molecule has 11 nitrogen and oxygen atoms in total. The van der Waals surface area contributed by atoms with Gasteiger partial charge in [0.05, 0.1) is 31.8 Å². The molecule has 1 aliphatic heterocycles. The lowest BCUT2D eigenvalue weighted by Gasteiger charge is -2.37. The molecule has 1 aliphatic carbocycles. The molecule has 6 atom stereocenters. The number of likely N-dealkylation sites (tertiary alicyclic amines) is 1. The van der Waals surface area contributed by atoms with Gasteiger partial charge in [-0.25, -0.2) is 19.6 Å². The van der Waals surface area contributed by atoms with E-state index in [1.54, 1.807) is 31.4 Å². The highest BCUT2D eigenvalue weighted by Crippen LogP contribution is 2.42. The van der Waals surface area contributed by atoms with Gasteiger partial charge in [-0.2, -0.15) is 0 Å². The minimum absolute atomic E-state index is 0.0750. The summed E-state index contributed by atoms with van der Waals surface area (Å²) in [4.78, 5) is 52.1. The quantitative estimate of drug-likeness (QED) is 0.262. The van der Waals surface area contributed by atoms with E-state index in [2.05, 4.69) is 23.8 Å². The molecule has 2 heterocycles. The van der Waals surface area contributed by atoms with E-state index >= 15 is 0 Å². The number of hydrogen-bond donors (Lipinski definition) is 1. The second-order valence-corrected chi connectivity index (χ2v) is 14.0. The van der Waals surface area contributed by atoms with Crippen LogP contribution >= 0.6 is 0 Å². The van der Waals surface area contributed by atoms with Gasteiger partial charge in [-0.05, 0) is 68.6 Å². The Balaban J connectivity index is 1.62. The first-order valence-corrected chi connectivity index (χ1v) is 16.8. The maximum absolute atomic E-state index is 14.4. The fraction of sp³-hybridized carbons (Fsp3) is 0.639. The molecule has 1 aromatic carbocycles. The Labute approximate surface area is 278 Å². The van der Waals surface area contributed by atoms with Crippen molar-refractivity contribution in [1.29, 1.82) is 0 Å². The maximum Gasteiger partial charge on any atom is 0.408 e. The van der Waals surface area contributed by atoms with Crippen LogP contribution in [0.5, 0.6) is 11.6 Å². The van der Waals surface area contributed by atoms with E-state index in [0.29, 0.717) is 28.9 Å². The van der Waals surface area contributed by atoms with Crippen LogP contribution in [-0.4, -0.2) is 77.4 Å². The summed E-state index contributed by atoms with van der Waals surface area (Å²) >= 11 is 0. The number of esters is 1. The predicted molar refractivity (Wildman–Crippen MR) is 180 cm³/mol. The second-order valence-electron chi connectivity index (χ2n) is 14.0. The monoisotopic (exact) mass is 652 g/mol. The number of unbranched alkanes of at least 4 members (excludes halogenated alkanes) is 1. The Bertz CT molecular complexity index is 1460. The molecule has 1 saturated carbocycles. The molecule has 0 unspecified atom stereocenters. The van der Waals surface area contributed by atoms with Gasteiger partial charge in [-0.15, -0.1) is 0 Å². The molecule has 2 aromatic rings. The van der Waals surface area contributed by atoms with Crippen molar-refractivity contribution < 1.29 is 33.3 Å². The first kappa shape index (κ1) is 36.0. The summed E-state index contributed by atoms with van der Waals surface area (Å²) in [5, 5.41) is 2.89. The van der Waals surface area contributed by atoms with Crippen molar-refractivity contribution in [1.82, 2.24) is 20.2 Å². The zero-order valence-corrected chi connectivity index (χ0v) is 29.3. The molecule has 2 fully saturated rings. The smallest absolute Gasteiger partial charge is 0.408 e. The fourth-order valence-electron chi connectivity index (χ4n) is 7.08. The van der Waals surface area contributed by atoms with Gasteiger partial charge in [-0.1, -0.05) is 54.0 Å². The first-order chi connectivity index (χ1) is 22.3. The SMILES string of the molecule is C=Cc1nc2ccc(OC)cc2nc1O[C@H]1CN(C(=O)[C@@H](NC(=O)O[C@]2(C)CCC[C@H]2CCCC)C(C)(C)C)[C@H](C(=O)OC)[C@@H]1CC. The Morgan fingerprint density at radius 3 is 2.53 bits per heavy atom. The minimum Gasteiger partial charge on any atom is -0.497 e. The van der Waals surface area contributed by atoms with Gasteiger partial charge >= 0.3 is 12.1 Å². The second kappa shape index (κ2) is 14.9. The number of amides is 2. The molecule has 0 radical (unpaired) electrons. The molecule has 2 aliphatic rings. The van der Waals surface area contributed by atoms with Crippen LogP contribution in [0, 0.1) is 17.3 Å². The first-order valence-electron chi connectivity index (χ1n) is 16.8. The molecule has 1 aromatic heterocycles. The lowest BCUT2D eigenvalue weighted by Crippen LogP contribution is -2.58. The molecular weight excluding hydrogens is 600 g/mol. The summed E-state index contributed by atoms with van der Waals surface area (Å²) in [7, 11) is 2.88. The zero-order valence-electron chi connectivity index (χ0n) is 29.3. The molecule has 47 heavy (non-hydrogen) atoms. The standard InChI is InChI=1S/C36H52N4O7/c1-10-13-15-22-16-14-19-36(22,7)47-34(43)39-30(35(4,5)6)32(41)40-21-28(24(11-2)29(40)33(42)45-9)46-31-25(12-3)37-26-18-17-23(44-8)20-27(26)38-31/h12,17-18,20,22,24,28-30H,3,10-11,13-16,19,21H2,1-2,4-9H3,(H,39,43)/t22-,24-,28+,29+,30-,36-/m1/s1. The molecule has 0 spiro atoms. The van der Waals surface area contributed by atoms with Crippen molar-refractivity contribution in [2.45, 2.75) is 110 Å². The Kier molecular flexibility index (Phi) is 11.4. The van der Waals surface area contributed by atoms with Crippen LogP contribution < -0.4 is 14.8 Å². The Morgan fingerprint density at radius 2 is 1.91 bits per heavy atom. The highest BCUT2D eigenvalue weighted by molar-refractivity contribution is 5.91. The molecule has 258 valence electrons. The van der Waals surface area contributed by atoms with Crippen molar-refractivity contribution in [3.05, 3.63) is 30.5 Å². The van der Waals surface area contributed by atoms with Crippen LogP contribution in [0.15, 0.2) is 24.8 Å². The third-order valence-corrected chi connectivity index (χ3v) is 9.81. The number of nitrogens with one attached hydrogen (secondary N) is 1. The van der Waals surface area contributed by atoms with E-state index < -0.39 is 53.1 Å². The number of methoxy groups -OCH3 is 2. The van der Waals surface area contributed by atoms with Crippen LogP contribution in [-0.2, 0) is 19.1 Å². The number of hydrogen-bond acceptors (Lipinski definition) is 9. The van der Waals surface area contributed by atoms with Crippen molar-refractivity contribution in [3.63, 3.8) is 0 Å². The molecule has 4 rings (SSSR count). The van der Waals surface area contributed by atoms with Gasteiger partial charge in [0.1, 0.15) is 35.2 Å². The molecule has 1 N–H and O–H groups in total. The van der Waals surface area contributed by atoms with E-state index in [0.717, 1.165) is 38.5 Å². The number of carbonyl (C=O) groups is 3. The van der Waals surface area contributed by atoms with E-state index in [4.69, 9.17) is 23.9 Å². The largest absolute Gasteiger partial charge is 0.497 e. The van der Waals surface area contributed by atoms with Crippen molar-refractivity contribution in [2.75, 3.05) is 20.8 Å². The Morgan fingerprint density at radius 1 is 1.17 bits per heavy atom. The summed E-state index contributed by atoms with van der Waals surface area (Å²) in [5.74, 6) is -0.248. The fourth-order valence-corrected chi connectivity index (χ4v) is 7.08. The third-order valence-electron chi connectivity index (χ3n) is 9.81. The van der Waals surface area contributed by atoms with Crippen LogP contribution in [0.1, 0.15) is 92.2 Å². The lowest BCUT2D eigenvalue weighted by molar-refractivity contribution is -0.154. The Hall–Kier alpha value is -3.89. The van der Waals surface area contributed by atoms with Crippen LogP contribution in [0.3, 0.4) is 0 Å². The van der Waals surface area contributed by atoms with Gasteiger partial charge in [0, 0.05) is 12.0 Å². The van der Waals surface area contributed by atoms with E-state index in [9.17, 15) is 14.4 Å². The highest BCUT2D eigenvalue weighted by atomic mass is 16.6. The number of nitrogens with zero attached hydrogens (tertiary/aromatic N) is 3. The number of alkyl carbamates (subject to hydrolysis) is 1. The molecule has 2 amide bonds. The van der Waals surface area contributed by atoms with Crippen LogP contribution in [0.4, 0.5) is 4.79 Å². The van der Waals surface area contributed by atoms with Gasteiger partial charge in [0.15, 0.2) is 0 Å². The predicted octanol–water partition coefficient (Wildman–Crippen LogP) is 6.33. The highest BCUT2D eigenvalue weighted by Gasteiger charge is 2.52. The van der Waals surface area contributed by atoms with Gasteiger partial charge in [0.25, 0.3) is 0 Å². The summed E-state index contributed by atoms with van der Waals surface area (Å²) in [6.07, 6.45) is 6.78. The molecular formula is C36H52N4O7. The molecule has 11 heteroatoms.